The smallest absolute Gasteiger partial charge is 0.212 e. The molecular formula is C11H23N3O3S. The van der Waals surface area contributed by atoms with E-state index in [0.29, 0.717) is 19.3 Å². The Morgan fingerprint density at radius 3 is 2.33 bits per heavy atom. The van der Waals surface area contributed by atoms with Gasteiger partial charge in [-0.2, -0.15) is 0 Å². The van der Waals surface area contributed by atoms with Gasteiger partial charge in [-0.15, -0.1) is 0 Å². The van der Waals surface area contributed by atoms with E-state index >= 15 is 0 Å². The molecule has 0 radical (unpaired) electrons. The van der Waals surface area contributed by atoms with Gasteiger partial charge in [-0.25, -0.2) is 13.1 Å². The van der Waals surface area contributed by atoms with E-state index in [4.69, 9.17) is 10.9 Å². The second kappa shape index (κ2) is 6.38. The number of hydrogen-bond donors (Lipinski definition) is 3. The lowest BCUT2D eigenvalue weighted by Gasteiger charge is -2.32. The maximum absolute atomic E-state index is 11.9. The summed E-state index contributed by atoms with van der Waals surface area (Å²) in [6.45, 7) is 1.81. The molecule has 0 aromatic heterocycles. The summed E-state index contributed by atoms with van der Waals surface area (Å²) >= 11 is 0. The van der Waals surface area contributed by atoms with Gasteiger partial charge in [0.2, 0.25) is 10.0 Å². The molecule has 1 aliphatic rings. The van der Waals surface area contributed by atoms with Crippen molar-refractivity contribution < 1.29 is 13.6 Å². The van der Waals surface area contributed by atoms with Gasteiger partial charge >= 0.3 is 0 Å². The molecule has 0 amide bonds. The molecule has 1 saturated carbocycles. The van der Waals surface area contributed by atoms with Crippen LogP contribution in [0.2, 0.25) is 0 Å². The molecule has 0 bridgehead atoms. The Balaban J connectivity index is 2.97. The topological polar surface area (TPSA) is 105 Å². The molecule has 1 aliphatic carbocycles. The zero-order chi connectivity index (χ0) is 13.6. The maximum atomic E-state index is 11.9. The van der Waals surface area contributed by atoms with Crippen LogP contribution in [0.5, 0.6) is 0 Å². The maximum Gasteiger partial charge on any atom is 0.212 e. The Labute approximate surface area is 109 Å². The zero-order valence-electron chi connectivity index (χ0n) is 10.9. The summed E-state index contributed by atoms with van der Waals surface area (Å²) in [6, 6.07) is 0. The van der Waals surface area contributed by atoms with Crippen molar-refractivity contribution in [2.75, 3.05) is 5.75 Å². The monoisotopic (exact) mass is 277 g/mol. The van der Waals surface area contributed by atoms with Crippen molar-refractivity contribution in [1.82, 2.24) is 4.72 Å². The molecule has 0 atom stereocenters. The third-order valence-corrected chi connectivity index (χ3v) is 5.03. The average Bonchev–Trinajstić information content (AvgIpc) is 2.53. The molecular weight excluding hydrogens is 254 g/mol. The van der Waals surface area contributed by atoms with E-state index in [-0.39, 0.29) is 11.6 Å². The minimum absolute atomic E-state index is 0.0240. The van der Waals surface area contributed by atoms with Crippen LogP contribution in [0.3, 0.4) is 0 Å². The fourth-order valence-corrected chi connectivity index (χ4v) is 4.00. The van der Waals surface area contributed by atoms with Crippen molar-refractivity contribution >= 4 is 15.9 Å². The van der Waals surface area contributed by atoms with E-state index in [1.807, 2.05) is 6.92 Å². The van der Waals surface area contributed by atoms with Crippen LogP contribution < -0.4 is 10.5 Å². The van der Waals surface area contributed by atoms with Crippen molar-refractivity contribution in [3.63, 3.8) is 0 Å². The minimum Gasteiger partial charge on any atom is -0.409 e. The van der Waals surface area contributed by atoms with Gasteiger partial charge in [0.25, 0.3) is 0 Å². The molecule has 0 saturated heterocycles. The summed E-state index contributed by atoms with van der Waals surface area (Å²) < 4.78 is 26.5. The van der Waals surface area contributed by atoms with Crippen LogP contribution in [-0.4, -0.2) is 30.8 Å². The van der Waals surface area contributed by atoms with Crippen LogP contribution in [0.15, 0.2) is 5.16 Å². The minimum atomic E-state index is -3.38. The third-order valence-electron chi connectivity index (χ3n) is 3.38. The van der Waals surface area contributed by atoms with Crippen molar-refractivity contribution in [3.8, 4) is 0 Å². The van der Waals surface area contributed by atoms with Gasteiger partial charge in [0.1, 0.15) is 0 Å². The number of amidine groups is 1. The van der Waals surface area contributed by atoms with Gasteiger partial charge in [-0.3, -0.25) is 0 Å². The van der Waals surface area contributed by atoms with Gasteiger partial charge in [-0.1, -0.05) is 37.8 Å². The van der Waals surface area contributed by atoms with Crippen LogP contribution in [0.4, 0.5) is 0 Å². The van der Waals surface area contributed by atoms with E-state index in [2.05, 4.69) is 9.88 Å². The first-order chi connectivity index (χ1) is 8.46. The highest BCUT2D eigenvalue weighted by Gasteiger charge is 2.38. The van der Waals surface area contributed by atoms with Crippen LogP contribution in [0.25, 0.3) is 0 Å². The standard InChI is InChI=1S/C11H23N3O3S/c1-2-9-18(16,17)14-11(10(12)13-15)7-5-3-4-6-8-11/h14-15H,2-9H2,1H3,(H2,12,13). The Morgan fingerprint density at radius 1 is 1.33 bits per heavy atom. The first-order valence-corrected chi connectivity index (χ1v) is 8.10. The molecule has 1 rings (SSSR count). The zero-order valence-corrected chi connectivity index (χ0v) is 11.7. The number of nitrogens with two attached hydrogens (primary N) is 1. The van der Waals surface area contributed by atoms with Crippen molar-refractivity contribution in [3.05, 3.63) is 0 Å². The third kappa shape index (κ3) is 3.84. The van der Waals surface area contributed by atoms with Gasteiger partial charge < -0.3 is 10.9 Å². The normalized spacial score (nSPS) is 21.5. The lowest BCUT2D eigenvalue weighted by atomic mass is 9.90. The van der Waals surface area contributed by atoms with Gasteiger partial charge in [-0.05, 0) is 19.3 Å². The summed E-state index contributed by atoms with van der Waals surface area (Å²) in [7, 11) is -3.38. The van der Waals surface area contributed by atoms with Crippen molar-refractivity contribution in [2.45, 2.75) is 57.4 Å². The molecule has 0 unspecified atom stereocenters. The van der Waals surface area contributed by atoms with E-state index in [0.717, 1.165) is 25.7 Å². The lowest BCUT2D eigenvalue weighted by Crippen LogP contribution is -2.57. The van der Waals surface area contributed by atoms with Gasteiger partial charge in [0.05, 0.1) is 11.3 Å². The molecule has 4 N–H and O–H groups in total. The number of hydrogen-bond acceptors (Lipinski definition) is 4. The number of rotatable bonds is 5. The summed E-state index contributed by atoms with van der Waals surface area (Å²) in [5.74, 6) is 0.0390. The SMILES string of the molecule is CCCS(=O)(=O)NC1(/C(N)=N/O)CCCCCC1. The fourth-order valence-electron chi connectivity index (χ4n) is 2.46. The fraction of sp³-hybridized carbons (Fsp3) is 0.909. The number of sulfonamides is 1. The molecule has 1 fully saturated rings. The molecule has 0 aromatic rings. The first kappa shape index (κ1) is 15.2. The predicted molar refractivity (Wildman–Crippen MR) is 71.1 cm³/mol. The molecule has 0 spiro atoms. The van der Waals surface area contributed by atoms with Crippen LogP contribution >= 0.6 is 0 Å². The Hall–Kier alpha value is -0.820. The Morgan fingerprint density at radius 2 is 1.89 bits per heavy atom. The molecule has 0 heterocycles. The van der Waals surface area contributed by atoms with Gasteiger partial charge in [0.15, 0.2) is 5.84 Å². The molecule has 0 aromatic carbocycles. The molecule has 0 aliphatic heterocycles. The molecule has 6 nitrogen and oxygen atoms in total. The second-order valence-corrected chi connectivity index (χ2v) is 6.74. The number of oxime groups is 1. The van der Waals surface area contributed by atoms with Crippen LogP contribution in [0, 0.1) is 0 Å². The molecule has 7 heteroatoms. The summed E-state index contributed by atoms with van der Waals surface area (Å²) in [5, 5.41) is 11.9. The van der Waals surface area contributed by atoms with Crippen LogP contribution in [-0.2, 0) is 10.0 Å². The van der Waals surface area contributed by atoms with E-state index in [1.54, 1.807) is 0 Å². The predicted octanol–water partition coefficient (Wildman–Crippen LogP) is 1.16. The Kier molecular flexibility index (Phi) is 5.40. The van der Waals surface area contributed by atoms with E-state index < -0.39 is 15.6 Å². The largest absolute Gasteiger partial charge is 0.409 e. The lowest BCUT2D eigenvalue weighted by molar-refractivity contribution is 0.306. The second-order valence-electron chi connectivity index (χ2n) is 4.90. The highest BCUT2D eigenvalue weighted by molar-refractivity contribution is 7.89. The molecule has 106 valence electrons. The quantitative estimate of drug-likeness (QED) is 0.230. The average molecular weight is 277 g/mol. The van der Waals surface area contributed by atoms with E-state index in [1.165, 1.54) is 0 Å². The summed E-state index contributed by atoms with van der Waals surface area (Å²) in [5.41, 5.74) is 4.83. The van der Waals surface area contributed by atoms with Crippen molar-refractivity contribution in [2.24, 2.45) is 10.9 Å². The highest BCUT2D eigenvalue weighted by Crippen LogP contribution is 2.28. The van der Waals surface area contributed by atoms with Crippen LogP contribution in [0.1, 0.15) is 51.9 Å². The Bertz CT molecular complexity index is 384. The molecule has 18 heavy (non-hydrogen) atoms. The van der Waals surface area contributed by atoms with Crippen molar-refractivity contribution in [1.29, 1.82) is 0 Å². The van der Waals surface area contributed by atoms with E-state index in [9.17, 15) is 8.42 Å². The highest BCUT2D eigenvalue weighted by atomic mass is 32.2. The summed E-state index contributed by atoms with van der Waals surface area (Å²) in [4.78, 5) is 0. The number of nitrogens with zero attached hydrogens (tertiary/aromatic N) is 1. The summed E-state index contributed by atoms with van der Waals surface area (Å²) in [6.07, 6.45) is 5.58. The number of nitrogens with one attached hydrogen (secondary N) is 1. The first-order valence-electron chi connectivity index (χ1n) is 6.45. The van der Waals surface area contributed by atoms with Gasteiger partial charge in [0, 0.05) is 0 Å².